The Bertz CT molecular complexity index is 395. The predicted molar refractivity (Wildman–Crippen MR) is 79.3 cm³/mol. The Morgan fingerprint density at radius 2 is 1.78 bits per heavy atom. The zero-order chi connectivity index (χ0) is 13.8. The fourth-order valence-electron chi connectivity index (χ4n) is 1.59. The van der Waals surface area contributed by atoms with E-state index in [-0.39, 0.29) is 5.41 Å². The SMILES string of the molecule is CC(C)c1ccc(S(=O)CCC(C)(C)CN)cc1. The average molecular weight is 267 g/mol. The van der Waals surface area contributed by atoms with Gasteiger partial charge in [0.2, 0.25) is 0 Å². The third-order valence-electron chi connectivity index (χ3n) is 3.33. The molecule has 1 aromatic rings. The van der Waals surface area contributed by atoms with Crippen molar-refractivity contribution in [2.75, 3.05) is 12.3 Å². The monoisotopic (exact) mass is 267 g/mol. The van der Waals surface area contributed by atoms with E-state index in [1.54, 1.807) is 0 Å². The summed E-state index contributed by atoms with van der Waals surface area (Å²) in [7, 11) is -0.909. The quantitative estimate of drug-likeness (QED) is 0.859. The van der Waals surface area contributed by atoms with E-state index in [2.05, 4.69) is 39.8 Å². The molecule has 1 aromatic carbocycles. The minimum Gasteiger partial charge on any atom is -0.330 e. The highest BCUT2D eigenvalue weighted by atomic mass is 32.2. The van der Waals surface area contributed by atoms with Crippen LogP contribution in [0, 0.1) is 5.41 Å². The van der Waals surface area contributed by atoms with Crippen LogP contribution in [-0.2, 0) is 10.8 Å². The summed E-state index contributed by atoms with van der Waals surface area (Å²) in [6.45, 7) is 9.19. The van der Waals surface area contributed by atoms with Crippen LogP contribution >= 0.6 is 0 Å². The highest BCUT2D eigenvalue weighted by molar-refractivity contribution is 7.85. The molecule has 18 heavy (non-hydrogen) atoms. The second-order valence-electron chi connectivity index (χ2n) is 5.89. The lowest BCUT2D eigenvalue weighted by molar-refractivity contribution is 0.367. The van der Waals surface area contributed by atoms with Gasteiger partial charge >= 0.3 is 0 Å². The summed E-state index contributed by atoms with van der Waals surface area (Å²) in [5.74, 6) is 1.20. The Balaban J connectivity index is 2.62. The molecule has 0 saturated carbocycles. The molecule has 0 spiro atoms. The van der Waals surface area contributed by atoms with E-state index in [1.165, 1.54) is 5.56 Å². The fraction of sp³-hybridized carbons (Fsp3) is 0.600. The molecule has 0 aliphatic carbocycles. The standard InChI is InChI=1S/C15H25NOS/c1-12(2)13-5-7-14(8-6-13)18(17)10-9-15(3,4)11-16/h5-8,12H,9-11,16H2,1-4H3. The van der Waals surface area contributed by atoms with Gasteiger partial charge < -0.3 is 5.73 Å². The Labute approximate surface area is 113 Å². The lowest BCUT2D eigenvalue weighted by Gasteiger charge is -2.21. The van der Waals surface area contributed by atoms with Crippen LogP contribution in [0.4, 0.5) is 0 Å². The van der Waals surface area contributed by atoms with Crippen LogP contribution in [-0.4, -0.2) is 16.5 Å². The Morgan fingerprint density at radius 1 is 1.22 bits per heavy atom. The van der Waals surface area contributed by atoms with Crippen LogP contribution in [0.2, 0.25) is 0 Å². The Morgan fingerprint density at radius 3 is 2.22 bits per heavy atom. The molecule has 0 aromatic heterocycles. The number of benzene rings is 1. The largest absolute Gasteiger partial charge is 0.330 e. The first-order valence-corrected chi connectivity index (χ1v) is 7.86. The number of hydrogen-bond acceptors (Lipinski definition) is 2. The highest BCUT2D eigenvalue weighted by Crippen LogP contribution is 2.21. The molecule has 0 radical (unpaired) electrons. The van der Waals surface area contributed by atoms with Crippen molar-refractivity contribution in [1.82, 2.24) is 0 Å². The van der Waals surface area contributed by atoms with E-state index in [0.717, 1.165) is 11.3 Å². The van der Waals surface area contributed by atoms with Gasteiger partial charge in [-0.05, 0) is 42.0 Å². The summed E-state index contributed by atoms with van der Waals surface area (Å²) in [6.07, 6.45) is 0.891. The van der Waals surface area contributed by atoms with Gasteiger partial charge in [0.05, 0.1) is 10.8 Å². The molecular weight excluding hydrogens is 242 g/mol. The first kappa shape index (κ1) is 15.4. The molecule has 102 valence electrons. The minimum atomic E-state index is -0.909. The third-order valence-corrected chi connectivity index (χ3v) is 4.70. The van der Waals surface area contributed by atoms with Crippen LogP contribution in [0.25, 0.3) is 0 Å². The summed E-state index contributed by atoms with van der Waals surface area (Å²) >= 11 is 0. The first-order valence-electron chi connectivity index (χ1n) is 6.54. The van der Waals surface area contributed by atoms with Gasteiger partial charge in [0.25, 0.3) is 0 Å². The minimum absolute atomic E-state index is 0.0769. The number of nitrogens with two attached hydrogens (primary N) is 1. The molecule has 0 aliphatic rings. The molecule has 0 aliphatic heterocycles. The van der Waals surface area contributed by atoms with Gasteiger partial charge in [-0.15, -0.1) is 0 Å². The zero-order valence-electron chi connectivity index (χ0n) is 11.9. The maximum absolute atomic E-state index is 12.2. The summed E-state index contributed by atoms with van der Waals surface area (Å²) in [5.41, 5.74) is 7.05. The molecule has 2 N–H and O–H groups in total. The van der Waals surface area contributed by atoms with Crippen molar-refractivity contribution < 1.29 is 4.21 Å². The van der Waals surface area contributed by atoms with Gasteiger partial charge in [0, 0.05) is 10.6 Å². The maximum atomic E-state index is 12.2. The number of hydrogen-bond donors (Lipinski definition) is 1. The molecular formula is C15H25NOS. The molecule has 0 bridgehead atoms. The summed E-state index contributed by atoms with van der Waals surface area (Å²) in [5, 5.41) is 0. The van der Waals surface area contributed by atoms with Crippen molar-refractivity contribution in [2.24, 2.45) is 11.1 Å². The van der Waals surface area contributed by atoms with Crippen LogP contribution in [0.3, 0.4) is 0 Å². The molecule has 1 unspecified atom stereocenters. The smallest absolute Gasteiger partial charge is 0.0529 e. The number of rotatable bonds is 6. The van der Waals surface area contributed by atoms with Gasteiger partial charge in [-0.2, -0.15) is 0 Å². The molecule has 0 amide bonds. The molecule has 0 heterocycles. The lowest BCUT2D eigenvalue weighted by Crippen LogP contribution is -2.25. The van der Waals surface area contributed by atoms with Crippen molar-refractivity contribution in [1.29, 1.82) is 0 Å². The Hall–Kier alpha value is -0.670. The average Bonchev–Trinajstić information content (AvgIpc) is 2.36. The van der Waals surface area contributed by atoms with Crippen molar-refractivity contribution in [3.63, 3.8) is 0 Å². The molecule has 1 rings (SSSR count). The topological polar surface area (TPSA) is 43.1 Å². The van der Waals surface area contributed by atoms with Crippen molar-refractivity contribution in [2.45, 2.75) is 44.9 Å². The van der Waals surface area contributed by atoms with E-state index in [0.29, 0.717) is 18.2 Å². The second kappa shape index (κ2) is 6.48. The lowest BCUT2D eigenvalue weighted by atomic mass is 9.91. The fourth-order valence-corrected chi connectivity index (χ4v) is 3.01. The first-order chi connectivity index (χ1) is 8.35. The van der Waals surface area contributed by atoms with Gasteiger partial charge in [0.15, 0.2) is 0 Å². The van der Waals surface area contributed by atoms with E-state index in [4.69, 9.17) is 5.73 Å². The predicted octanol–water partition coefficient (Wildman–Crippen LogP) is 3.29. The summed E-state index contributed by atoms with van der Waals surface area (Å²) in [4.78, 5) is 0.923. The van der Waals surface area contributed by atoms with E-state index < -0.39 is 10.8 Å². The normalized spacial score (nSPS) is 13.9. The van der Waals surface area contributed by atoms with Crippen LogP contribution in [0.15, 0.2) is 29.2 Å². The van der Waals surface area contributed by atoms with Gasteiger partial charge in [-0.25, -0.2) is 0 Å². The van der Waals surface area contributed by atoms with Crippen molar-refractivity contribution in [3.05, 3.63) is 29.8 Å². The van der Waals surface area contributed by atoms with E-state index >= 15 is 0 Å². The second-order valence-corrected chi connectivity index (χ2v) is 7.46. The summed E-state index contributed by atoms with van der Waals surface area (Å²) < 4.78 is 12.2. The molecule has 1 atom stereocenters. The van der Waals surface area contributed by atoms with Crippen LogP contribution in [0.5, 0.6) is 0 Å². The summed E-state index contributed by atoms with van der Waals surface area (Å²) in [6, 6.07) is 8.12. The van der Waals surface area contributed by atoms with Gasteiger partial charge in [-0.1, -0.05) is 39.8 Å². The van der Waals surface area contributed by atoms with E-state index in [9.17, 15) is 4.21 Å². The van der Waals surface area contributed by atoms with Crippen LogP contribution in [0.1, 0.15) is 45.6 Å². The zero-order valence-corrected chi connectivity index (χ0v) is 12.7. The molecule has 2 nitrogen and oxygen atoms in total. The molecule has 0 saturated heterocycles. The van der Waals surface area contributed by atoms with E-state index in [1.807, 2.05) is 12.1 Å². The molecule has 0 fully saturated rings. The van der Waals surface area contributed by atoms with Gasteiger partial charge in [0.1, 0.15) is 0 Å². The van der Waals surface area contributed by atoms with Crippen molar-refractivity contribution >= 4 is 10.8 Å². The Kier molecular flexibility index (Phi) is 5.54. The van der Waals surface area contributed by atoms with Gasteiger partial charge in [-0.3, -0.25) is 4.21 Å². The molecule has 3 heteroatoms. The van der Waals surface area contributed by atoms with Crippen molar-refractivity contribution in [3.8, 4) is 0 Å². The maximum Gasteiger partial charge on any atom is 0.0529 e. The third kappa shape index (κ3) is 4.54. The highest BCUT2D eigenvalue weighted by Gasteiger charge is 2.17. The van der Waals surface area contributed by atoms with Crippen LogP contribution < -0.4 is 5.73 Å².